The van der Waals surface area contributed by atoms with Crippen molar-refractivity contribution in [3.8, 4) is 0 Å². The van der Waals surface area contributed by atoms with Crippen LogP contribution in [0.3, 0.4) is 0 Å². The molecule has 0 atom stereocenters. The van der Waals surface area contributed by atoms with Crippen molar-refractivity contribution in [2.45, 2.75) is 50.0 Å². The number of hydrogen-bond donors (Lipinski definition) is 1. The Kier molecular flexibility index (Phi) is 6.76. The molecule has 0 bridgehead atoms. The number of likely N-dealkylation sites (tertiary alicyclic amines) is 1. The van der Waals surface area contributed by atoms with Crippen LogP contribution in [0.25, 0.3) is 0 Å². The average molecular weight is 469 g/mol. The summed E-state index contributed by atoms with van der Waals surface area (Å²) in [7, 11) is 0. The van der Waals surface area contributed by atoms with Crippen LogP contribution in [-0.2, 0) is 12.0 Å². The zero-order valence-corrected chi connectivity index (χ0v) is 19.5. The highest BCUT2D eigenvalue weighted by Gasteiger charge is 2.44. The predicted octanol–water partition coefficient (Wildman–Crippen LogP) is 5.30. The lowest BCUT2D eigenvalue weighted by molar-refractivity contribution is 0.211. The maximum Gasteiger partial charge on any atom is 0.240 e. The van der Waals surface area contributed by atoms with Gasteiger partial charge in [0.25, 0.3) is 0 Å². The maximum atomic E-state index is 13.1. The normalized spacial score (nSPS) is 18.8. The molecule has 2 heterocycles. The second-order valence-electron chi connectivity index (χ2n) is 9.30. The van der Waals surface area contributed by atoms with Crippen LogP contribution >= 0.6 is 11.6 Å². The fourth-order valence-corrected chi connectivity index (χ4v) is 5.25. The molecule has 0 radical (unpaired) electrons. The highest BCUT2D eigenvalue weighted by molar-refractivity contribution is 6.30. The van der Waals surface area contributed by atoms with Gasteiger partial charge in [-0.05, 0) is 80.1 Å². The Hall–Kier alpha value is -2.28. The molecule has 0 amide bonds. The van der Waals surface area contributed by atoms with Gasteiger partial charge in [-0.1, -0.05) is 47.4 Å². The van der Waals surface area contributed by atoms with Crippen LogP contribution in [0, 0.1) is 5.82 Å². The number of halogens is 2. The van der Waals surface area contributed by atoms with Crippen molar-refractivity contribution in [3.05, 3.63) is 82.2 Å². The van der Waals surface area contributed by atoms with Gasteiger partial charge in [0, 0.05) is 18.1 Å². The van der Waals surface area contributed by atoms with Crippen LogP contribution in [-0.4, -0.2) is 41.2 Å². The largest absolute Gasteiger partial charge is 0.338 e. The summed E-state index contributed by atoms with van der Waals surface area (Å²) in [6.07, 6.45) is 5.48. The van der Waals surface area contributed by atoms with Crippen molar-refractivity contribution in [1.82, 2.24) is 20.4 Å². The van der Waals surface area contributed by atoms with E-state index in [-0.39, 0.29) is 11.2 Å². The van der Waals surface area contributed by atoms with Crippen LogP contribution in [0.15, 0.2) is 53.1 Å². The van der Waals surface area contributed by atoms with E-state index in [0.29, 0.717) is 18.4 Å². The van der Waals surface area contributed by atoms with E-state index < -0.39 is 0 Å². The monoisotopic (exact) mass is 468 g/mol. The van der Waals surface area contributed by atoms with Crippen molar-refractivity contribution >= 4 is 11.6 Å². The fourth-order valence-electron chi connectivity index (χ4n) is 5.12. The number of piperidine rings is 1. The van der Waals surface area contributed by atoms with E-state index in [9.17, 15) is 4.39 Å². The van der Waals surface area contributed by atoms with E-state index >= 15 is 0 Å². The van der Waals surface area contributed by atoms with Crippen molar-refractivity contribution in [2.75, 3.05) is 26.2 Å². The lowest BCUT2D eigenvalue weighted by atomic mass is 9.64. The Labute approximate surface area is 199 Å². The molecule has 2 fully saturated rings. The zero-order valence-electron chi connectivity index (χ0n) is 18.8. The number of benzene rings is 2. The first-order valence-corrected chi connectivity index (χ1v) is 12.3. The number of rotatable bonds is 8. The van der Waals surface area contributed by atoms with Gasteiger partial charge >= 0.3 is 0 Å². The Balaban J connectivity index is 1.08. The molecular formula is C26H30ClFN4O. The van der Waals surface area contributed by atoms with Gasteiger partial charge in [-0.15, -0.1) is 0 Å². The molecule has 2 aliphatic rings. The van der Waals surface area contributed by atoms with Gasteiger partial charge in [-0.3, -0.25) is 0 Å². The predicted molar refractivity (Wildman–Crippen MR) is 127 cm³/mol. The summed E-state index contributed by atoms with van der Waals surface area (Å²) in [5, 5.41) is 8.52. The third-order valence-corrected chi connectivity index (χ3v) is 7.56. The number of nitrogens with one attached hydrogen (secondary N) is 1. The van der Waals surface area contributed by atoms with Gasteiger partial charge in [-0.2, -0.15) is 4.98 Å². The van der Waals surface area contributed by atoms with Gasteiger partial charge in [0.2, 0.25) is 5.89 Å². The molecular weight excluding hydrogens is 439 g/mol. The minimum absolute atomic E-state index is 0.138. The van der Waals surface area contributed by atoms with E-state index in [1.165, 1.54) is 17.5 Å². The lowest BCUT2D eigenvalue weighted by Gasteiger charge is -2.39. The summed E-state index contributed by atoms with van der Waals surface area (Å²) in [6.45, 7) is 4.58. The standard InChI is InChI=1S/C26H30ClFN4O/c27-22-6-4-21(5-7-22)26(12-1-13-26)25-30-24(33-31-25)18-29-14-17-32-15-10-20(11-16-32)19-2-8-23(28)9-3-19/h2-9,20,29H,1,10-18H2. The molecule has 174 valence electrons. The Bertz CT molecular complexity index is 1040. The third-order valence-electron chi connectivity index (χ3n) is 7.31. The van der Waals surface area contributed by atoms with Crippen molar-refractivity contribution in [1.29, 1.82) is 0 Å². The minimum atomic E-state index is -0.163. The van der Waals surface area contributed by atoms with Crippen molar-refractivity contribution < 1.29 is 8.91 Å². The SMILES string of the molecule is Fc1ccc(C2CCN(CCNCc3nc(C4(c5ccc(Cl)cc5)CCC4)no3)CC2)cc1. The number of nitrogens with zero attached hydrogens (tertiary/aromatic N) is 3. The van der Waals surface area contributed by atoms with Crippen LogP contribution in [0.1, 0.15) is 60.9 Å². The molecule has 33 heavy (non-hydrogen) atoms. The molecule has 0 spiro atoms. The van der Waals surface area contributed by atoms with E-state index in [4.69, 9.17) is 21.1 Å². The van der Waals surface area contributed by atoms with E-state index in [1.54, 1.807) is 12.1 Å². The molecule has 2 aromatic carbocycles. The smallest absolute Gasteiger partial charge is 0.240 e. The molecule has 5 nitrogen and oxygen atoms in total. The van der Waals surface area contributed by atoms with Gasteiger partial charge in [-0.25, -0.2) is 4.39 Å². The summed E-state index contributed by atoms with van der Waals surface area (Å²) in [4.78, 5) is 7.21. The highest BCUT2D eigenvalue weighted by Crippen LogP contribution is 2.47. The molecule has 7 heteroatoms. The van der Waals surface area contributed by atoms with Crippen molar-refractivity contribution in [2.24, 2.45) is 0 Å². The molecule has 1 aliphatic heterocycles. The highest BCUT2D eigenvalue weighted by atomic mass is 35.5. The van der Waals surface area contributed by atoms with E-state index in [2.05, 4.69) is 27.5 Å². The summed E-state index contributed by atoms with van der Waals surface area (Å²) < 4.78 is 18.7. The summed E-state index contributed by atoms with van der Waals surface area (Å²) in [6, 6.07) is 15.0. The maximum absolute atomic E-state index is 13.1. The van der Waals surface area contributed by atoms with Crippen LogP contribution in [0.4, 0.5) is 4.39 Å². The van der Waals surface area contributed by atoms with Crippen molar-refractivity contribution in [3.63, 3.8) is 0 Å². The molecule has 0 unspecified atom stereocenters. The molecule has 1 aliphatic carbocycles. The lowest BCUT2D eigenvalue weighted by Crippen LogP contribution is -2.37. The van der Waals surface area contributed by atoms with Gasteiger partial charge in [0.05, 0.1) is 12.0 Å². The third kappa shape index (κ3) is 4.98. The summed E-state index contributed by atoms with van der Waals surface area (Å²) in [5.74, 6) is 1.80. The van der Waals surface area contributed by atoms with Crippen LogP contribution < -0.4 is 5.32 Å². The number of aromatic nitrogens is 2. The van der Waals surface area contributed by atoms with Gasteiger partial charge in [0.15, 0.2) is 5.82 Å². The first kappa shape index (κ1) is 22.5. The van der Waals surface area contributed by atoms with Crippen LogP contribution in [0.5, 0.6) is 0 Å². The second kappa shape index (κ2) is 9.92. The minimum Gasteiger partial charge on any atom is -0.338 e. The summed E-state index contributed by atoms with van der Waals surface area (Å²) >= 11 is 6.07. The zero-order chi connectivity index (χ0) is 22.7. The Morgan fingerprint density at radius 1 is 1.06 bits per heavy atom. The molecule has 1 N–H and O–H groups in total. The molecule has 3 aromatic rings. The summed E-state index contributed by atoms with van der Waals surface area (Å²) in [5.41, 5.74) is 2.33. The molecule has 1 aromatic heterocycles. The van der Waals surface area contributed by atoms with E-state index in [0.717, 1.165) is 62.7 Å². The van der Waals surface area contributed by atoms with Crippen LogP contribution in [0.2, 0.25) is 5.02 Å². The first-order chi connectivity index (χ1) is 16.1. The molecule has 5 rings (SSSR count). The van der Waals surface area contributed by atoms with Gasteiger partial charge in [0.1, 0.15) is 5.82 Å². The Morgan fingerprint density at radius 2 is 1.79 bits per heavy atom. The molecule has 1 saturated carbocycles. The van der Waals surface area contributed by atoms with Gasteiger partial charge < -0.3 is 14.7 Å². The number of hydrogen-bond acceptors (Lipinski definition) is 5. The topological polar surface area (TPSA) is 54.2 Å². The quantitative estimate of drug-likeness (QED) is 0.454. The average Bonchev–Trinajstić information content (AvgIpc) is 3.27. The first-order valence-electron chi connectivity index (χ1n) is 11.9. The second-order valence-corrected chi connectivity index (χ2v) is 9.73. The van der Waals surface area contributed by atoms with E-state index in [1.807, 2.05) is 24.3 Å². The molecule has 1 saturated heterocycles. The Morgan fingerprint density at radius 3 is 2.45 bits per heavy atom. The fraction of sp³-hybridized carbons (Fsp3) is 0.462.